The second kappa shape index (κ2) is 5.36. The van der Waals surface area contributed by atoms with Gasteiger partial charge in [-0.2, -0.15) is 0 Å². The molecule has 1 unspecified atom stereocenters. The van der Waals surface area contributed by atoms with Gasteiger partial charge in [-0.1, -0.05) is 24.3 Å². The molecule has 0 bridgehead atoms. The van der Waals surface area contributed by atoms with Crippen molar-refractivity contribution in [3.05, 3.63) is 65.2 Å². The molecule has 0 saturated carbocycles. The van der Waals surface area contributed by atoms with Crippen molar-refractivity contribution in [2.45, 2.75) is 5.38 Å². The van der Waals surface area contributed by atoms with Crippen LogP contribution in [0.4, 0.5) is 8.78 Å². The maximum atomic E-state index is 13.6. The minimum atomic E-state index is -0.909. The predicted octanol–water partition coefficient (Wildman–Crippen LogP) is 4.30. The Morgan fingerprint density at radius 3 is 2.33 bits per heavy atom. The second-order valence-electron chi connectivity index (χ2n) is 3.78. The Bertz CT molecular complexity index is 540. The number of rotatable bonds is 3. The first-order valence-corrected chi connectivity index (χ1v) is 5.79. The zero-order chi connectivity index (χ0) is 13.1. The van der Waals surface area contributed by atoms with Gasteiger partial charge in [0.25, 0.3) is 0 Å². The van der Waals surface area contributed by atoms with Crippen molar-refractivity contribution >= 4 is 11.6 Å². The largest absolute Gasteiger partial charge is 0.497 e. The third-order valence-corrected chi connectivity index (χ3v) is 3.15. The van der Waals surface area contributed by atoms with E-state index in [9.17, 15) is 8.78 Å². The van der Waals surface area contributed by atoms with Crippen LogP contribution in [0, 0.1) is 11.6 Å². The van der Waals surface area contributed by atoms with Gasteiger partial charge in [0.1, 0.15) is 5.75 Å². The highest BCUT2D eigenvalue weighted by atomic mass is 35.5. The van der Waals surface area contributed by atoms with E-state index in [1.807, 2.05) is 0 Å². The molecule has 0 N–H and O–H groups in total. The fourth-order valence-corrected chi connectivity index (χ4v) is 1.98. The number of methoxy groups -OCH3 is 1. The molecule has 2 aromatic carbocycles. The van der Waals surface area contributed by atoms with Gasteiger partial charge in [0.15, 0.2) is 11.6 Å². The minimum absolute atomic E-state index is 0.127. The van der Waals surface area contributed by atoms with E-state index in [0.29, 0.717) is 11.3 Å². The van der Waals surface area contributed by atoms with Crippen molar-refractivity contribution in [2.24, 2.45) is 0 Å². The molecule has 1 atom stereocenters. The van der Waals surface area contributed by atoms with E-state index < -0.39 is 17.0 Å². The normalized spacial score (nSPS) is 12.2. The summed E-state index contributed by atoms with van der Waals surface area (Å²) in [5.74, 6) is -1.12. The standard InChI is InChI=1S/C14H11ClF2O/c1-18-10-7-5-9(6-8-10)13(15)11-3-2-4-12(16)14(11)17/h2-8,13H,1H3. The first-order chi connectivity index (χ1) is 8.63. The average Bonchev–Trinajstić information content (AvgIpc) is 2.41. The predicted molar refractivity (Wildman–Crippen MR) is 67.0 cm³/mol. The van der Waals surface area contributed by atoms with E-state index in [4.69, 9.17) is 16.3 Å². The van der Waals surface area contributed by atoms with E-state index in [1.54, 1.807) is 31.4 Å². The number of halogens is 3. The van der Waals surface area contributed by atoms with Crippen LogP contribution in [0.3, 0.4) is 0 Å². The fourth-order valence-electron chi connectivity index (χ4n) is 1.67. The van der Waals surface area contributed by atoms with E-state index in [1.165, 1.54) is 12.1 Å². The summed E-state index contributed by atoms with van der Waals surface area (Å²) < 4.78 is 31.7. The van der Waals surface area contributed by atoms with E-state index in [-0.39, 0.29) is 5.56 Å². The van der Waals surface area contributed by atoms with Crippen LogP contribution < -0.4 is 4.74 Å². The highest BCUT2D eigenvalue weighted by Crippen LogP contribution is 2.32. The molecule has 2 rings (SSSR count). The Balaban J connectivity index is 2.35. The van der Waals surface area contributed by atoms with E-state index in [2.05, 4.69) is 0 Å². The Morgan fingerprint density at radius 1 is 1.06 bits per heavy atom. The van der Waals surface area contributed by atoms with Gasteiger partial charge < -0.3 is 4.74 Å². The van der Waals surface area contributed by atoms with Crippen LogP contribution in [-0.4, -0.2) is 7.11 Å². The highest BCUT2D eigenvalue weighted by molar-refractivity contribution is 6.22. The zero-order valence-corrected chi connectivity index (χ0v) is 10.4. The lowest BCUT2D eigenvalue weighted by Crippen LogP contribution is -1.99. The smallest absolute Gasteiger partial charge is 0.163 e. The summed E-state index contributed by atoms with van der Waals surface area (Å²) in [7, 11) is 1.55. The van der Waals surface area contributed by atoms with Gasteiger partial charge in [-0.25, -0.2) is 8.78 Å². The van der Waals surface area contributed by atoms with Crippen LogP contribution in [-0.2, 0) is 0 Å². The van der Waals surface area contributed by atoms with Crippen LogP contribution >= 0.6 is 11.6 Å². The zero-order valence-electron chi connectivity index (χ0n) is 9.66. The SMILES string of the molecule is COc1ccc(C(Cl)c2cccc(F)c2F)cc1. The molecule has 0 radical (unpaired) electrons. The molecule has 0 heterocycles. The van der Waals surface area contributed by atoms with Crippen molar-refractivity contribution < 1.29 is 13.5 Å². The molecule has 0 spiro atoms. The van der Waals surface area contributed by atoms with Crippen molar-refractivity contribution in [1.82, 2.24) is 0 Å². The average molecular weight is 269 g/mol. The topological polar surface area (TPSA) is 9.23 Å². The first kappa shape index (κ1) is 12.8. The Morgan fingerprint density at radius 2 is 1.72 bits per heavy atom. The summed E-state index contributed by atoms with van der Waals surface area (Å²) in [5.41, 5.74) is 0.809. The molecule has 1 nitrogen and oxygen atoms in total. The number of ether oxygens (including phenoxy) is 1. The van der Waals surface area contributed by atoms with Gasteiger partial charge in [-0.3, -0.25) is 0 Å². The molecule has 94 valence electrons. The molecule has 18 heavy (non-hydrogen) atoms. The Kier molecular flexibility index (Phi) is 3.82. The molecule has 0 saturated heterocycles. The van der Waals surface area contributed by atoms with Gasteiger partial charge in [0, 0.05) is 5.56 Å². The molecule has 0 aliphatic rings. The summed E-state index contributed by atoms with van der Waals surface area (Å²) in [6, 6.07) is 10.9. The number of alkyl halides is 1. The molecule has 0 fully saturated rings. The summed E-state index contributed by atoms with van der Waals surface area (Å²) in [6.07, 6.45) is 0. The van der Waals surface area contributed by atoms with E-state index >= 15 is 0 Å². The first-order valence-electron chi connectivity index (χ1n) is 5.35. The third-order valence-electron chi connectivity index (χ3n) is 2.66. The summed E-state index contributed by atoms with van der Waals surface area (Å²) >= 11 is 6.16. The van der Waals surface area contributed by atoms with Crippen LogP contribution in [0.25, 0.3) is 0 Å². The van der Waals surface area contributed by atoms with Crippen LogP contribution in [0.15, 0.2) is 42.5 Å². The molecular weight excluding hydrogens is 258 g/mol. The Hall–Kier alpha value is -1.61. The van der Waals surface area contributed by atoms with Crippen LogP contribution in [0.1, 0.15) is 16.5 Å². The van der Waals surface area contributed by atoms with Crippen molar-refractivity contribution in [3.8, 4) is 5.75 Å². The van der Waals surface area contributed by atoms with Gasteiger partial charge in [0.05, 0.1) is 12.5 Å². The molecule has 4 heteroatoms. The van der Waals surface area contributed by atoms with Crippen LogP contribution in [0.2, 0.25) is 0 Å². The second-order valence-corrected chi connectivity index (χ2v) is 4.22. The number of hydrogen-bond donors (Lipinski definition) is 0. The lowest BCUT2D eigenvalue weighted by Gasteiger charge is -2.12. The molecular formula is C14H11ClF2O. The third kappa shape index (κ3) is 2.46. The lowest BCUT2D eigenvalue weighted by atomic mass is 10.0. The van der Waals surface area contributed by atoms with Crippen molar-refractivity contribution in [2.75, 3.05) is 7.11 Å². The van der Waals surface area contributed by atoms with E-state index in [0.717, 1.165) is 6.07 Å². The van der Waals surface area contributed by atoms with Gasteiger partial charge in [-0.05, 0) is 23.8 Å². The molecule has 0 aliphatic carbocycles. The summed E-state index contributed by atoms with van der Waals surface area (Å²) in [6.45, 7) is 0. The summed E-state index contributed by atoms with van der Waals surface area (Å²) in [4.78, 5) is 0. The van der Waals surface area contributed by atoms with Crippen molar-refractivity contribution in [3.63, 3.8) is 0 Å². The molecule has 2 aromatic rings. The lowest BCUT2D eigenvalue weighted by molar-refractivity contribution is 0.414. The molecule has 0 aliphatic heterocycles. The van der Waals surface area contributed by atoms with Gasteiger partial charge in [-0.15, -0.1) is 11.6 Å². The number of hydrogen-bond acceptors (Lipinski definition) is 1. The van der Waals surface area contributed by atoms with Gasteiger partial charge in [0.2, 0.25) is 0 Å². The van der Waals surface area contributed by atoms with Crippen LogP contribution in [0.5, 0.6) is 5.75 Å². The van der Waals surface area contributed by atoms with Crippen molar-refractivity contribution in [1.29, 1.82) is 0 Å². The fraction of sp³-hybridized carbons (Fsp3) is 0.143. The maximum absolute atomic E-state index is 13.6. The monoisotopic (exact) mass is 268 g/mol. The highest BCUT2D eigenvalue weighted by Gasteiger charge is 2.17. The number of benzene rings is 2. The summed E-state index contributed by atoms with van der Waals surface area (Å²) in [5, 5.41) is -0.730. The minimum Gasteiger partial charge on any atom is -0.497 e. The maximum Gasteiger partial charge on any atom is 0.163 e. The van der Waals surface area contributed by atoms with Gasteiger partial charge >= 0.3 is 0 Å². The Labute approximate surface area is 109 Å². The molecule has 0 amide bonds. The quantitative estimate of drug-likeness (QED) is 0.754. The molecule has 0 aromatic heterocycles.